The molecule has 1 amide bonds. The number of nitrogens with one attached hydrogen (secondary N) is 1. The van der Waals surface area contributed by atoms with Crippen LogP contribution in [0.3, 0.4) is 0 Å². The summed E-state index contributed by atoms with van der Waals surface area (Å²) in [6.45, 7) is 1.61. The molecule has 26 heavy (non-hydrogen) atoms. The van der Waals surface area contributed by atoms with E-state index in [-0.39, 0.29) is 16.6 Å². The molecule has 140 valence electrons. The molecule has 2 rings (SSSR count). The Bertz CT molecular complexity index is 826. The van der Waals surface area contributed by atoms with Crippen molar-refractivity contribution in [1.82, 2.24) is 5.32 Å². The van der Waals surface area contributed by atoms with Crippen molar-refractivity contribution in [3.63, 3.8) is 0 Å². The van der Waals surface area contributed by atoms with Gasteiger partial charge in [0.1, 0.15) is 12.4 Å². The van der Waals surface area contributed by atoms with Gasteiger partial charge >= 0.3 is 0 Å². The summed E-state index contributed by atoms with van der Waals surface area (Å²) in [7, 11) is -2.48. The number of halogens is 1. The van der Waals surface area contributed by atoms with Crippen molar-refractivity contribution in [2.75, 3.05) is 24.6 Å². The van der Waals surface area contributed by atoms with Crippen LogP contribution in [0, 0.1) is 5.82 Å². The number of hydrogen-bond donors (Lipinski definition) is 1. The average Bonchev–Trinajstić information content (AvgIpc) is 2.61. The monoisotopic (exact) mass is 380 g/mol. The van der Waals surface area contributed by atoms with Crippen LogP contribution in [0.15, 0.2) is 59.5 Å². The van der Waals surface area contributed by atoms with Crippen molar-refractivity contribution >= 4 is 21.6 Å². The molecular formula is C18H21FN2O4S. The van der Waals surface area contributed by atoms with Crippen LogP contribution < -0.4 is 9.62 Å². The van der Waals surface area contributed by atoms with Gasteiger partial charge in [0.05, 0.1) is 17.2 Å². The molecule has 0 aromatic heterocycles. The van der Waals surface area contributed by atoms with E-state index in [1.165, 1.54) is 31.4 Å². The molecule has 8 heteroatoms. The summed E-state index contributed by atoms with van der Waals surface area (Å²) in [6, 6.07) is 12.4. The van der Waals surface area contributed by atoms with Crippen LogP contribution >= 0.6 is 0 Å². The Hall–Kier alpha value is -2.45. The fourth-order valence-corrected chi connectivity index (χ4v) is 3.83. The van der Waals surface area contributed by atoms with Gasteiger partial charge < -0.3 is 10.1 Å². The molecule has 0 aliphatic heterocycles. The van der Waals surface area contributed by atoms with E-state index >= 15 is 0 Å². The van der Waals surface area contributed by atoms with Crippen molar-refractivity contribution in [2.24, 2.45) is 0 Å². The second kappa shape index (κ2) is 8.77. The largest absolute Gasteiger partial charge is 0.383 e. The third-order valence-electron chi connectivity index (χ3n) is 3.56. The summed E-state index contributed by atoms with van der Waals surface area (Å²) in [5, 5.41) is 2.67. The molecule has 0 saturated carbocycles. The van der Waals surface area contributed by atoms with E-state index < -0.39 is 28.3 Å². The zero-order valence-corrected chi connectivity index (χ0v) is 15.4. The van der Waals surface area contributed by atoms with Crippen LogP contribution in [-0.2, 0) is 19.6 Å². The highest BCUT2D eigenvalue weighted by atomic mass is 32.2. The zero-order valence-electron chi connectivity index (χ0n) is 14.6. The molecule has 0 saturated heterocycles. The average molecular weight is 380 g/mol. The predicted molar refractivity (Wildman–Crippen MR) is 96.9 cm³/mol. The Morgan fingerprint density at radius 1 is 1.15 bits per heavy atom. The number of nitrogens with zero attached hydrogens (tertiary/aromatic N) is 1. The van der Waals surface area contributed by atoms with E-state index in [1.54, 1.807) is 25.1 Å². The van der Waals surface area contributed by atoms with E-state index in [9.17, 15) is 17.6 Å². The van der Waals surface area contributed by atoms with E-state index in [4.69, 9.17) is 4.74 Å². The summed E-state index contributed by atoms with van der Waals surface area (Å²) in [6.07, 6.45) is 0. The third-order valence-corrected chi connectivity index (χ3v) is 5.35. The highest BCUT2D eigenvalue weighted by Crippen LogP contribution is 2.23. The van der Waals surface area contributed by atoms with Gasteiger partial charge in [-0.2, -0.15) is 0 Å². The van der Waals surface area contributed by atoms with Crippen molar-refractivity contribution in [1.29, 1.82) is 0 Å². The molecule has 6 nitrogen and oxygen atoms in total. The third kappa shape index (κ3) is 5.03. The number of carbonyl (C=O) groups excluding carboxylic acids is 1. The van der Waals surface area contributed by atoms with E-state index in [2.05, 4.69) is 5.32 Å². The standard InChI is InChI=1S/C18H21FN2O4S/c1-14(13-25-2)20-18(22)12-21(16-10-8-15(19)9-11-16)26(23,24)17-6-4-3-5-7-17/h3-11,14H,12-13H2,1-2H3,(H,20,22)/t14-/m0/s1. The first kappa shape index (κ1) is 19.9. The molecule has 2 aromatic rings. The molecule has 0 aliphatic rings. The van der Waals surface area contributed by atoms with Crippen LogP contribution in [0.1, 0.15) is 6.92 Å². The molecule has 0 bridgehead atoms. The molecule has 0 fully saturated rings. The maximum absolute atomic E-state index is 13.2. The number of sulfonamides is 1. The maximum Gasteiger partial charge on any atom is 0.264 e. The van der Waals surface area contributed by atoms with Crippen LogP contribution in [0.4, 0.5) is 10.1 Å². The number of methoxy groups -OCH3 is 1. The van der Waals surface area contributed by atoms with Gasteiger partial charge in [-0.05, 0) is 43.3 Å². The lowest BCUT2D eigenvalue weighted by molar-refractivity contribution is -0.120. The maximum atomic E-state index is 13.2. The minimum atomic E-state index is -3.99. The summed E-state index contributed by atoms with van der Waals surface area (Å²) in [5.41, 5.74) is 0.199. The van der Waals surface area contributed by atoms with Crippen LogP contribution in [0.5, 0.6) is 0 Å². The minimum Gasteiger partial charge on any atom is -0.383 e. The van der Waals surface area contributed by atoms with Gasteiger partial charge in [0, 0.05) is 13.2 Å². The van der Waals surface area contributed by atoms with Crippen molar-refractivity contribution in [3.8, 4) is 0 Å². The highest BCUT2D eigenvalue weighted by molar-refractivity contribution is 7.92. The van der Waals surface area contributed by atoms with Gasteiger partial charge in [-0.3, -0.25) is 9.10 Å². The Morgan fingerprint density at radius 3 is 2.35 bits per heavy atom. The number of carbonyl (C=O) groups is 1. The molecular weight excluding hydrogens is 359 g/mol. The Morgan fingerprint density at radius 2 is 1.77 bits per heavy atom. The van der Waals surface area contributed by atoms with Crippen LogP contribution in [0.2, 0.25) is 0 Å². The Labute approximate surface area is 152 Å². The first-order valence-corrected chi connectivity index (χ1v) is 9.40. The van der Waals surface area contributed by atoms with Gasteiger partial charge in [0.15, 0.2) is 0 Å². The van der Waals surface area contributed by atoms with Gasteiger partial charge in [0.25, 0.3) is 10.0 Å². The van der Waals surface area contributed by atoms with Crippen molar-refractivity contribution in [3.05, 3.63) is 60.4 Å². The summed E-state index contributed by atoms with van der Waals surface area (Å²) < 4.78 is 45.1. The van der Waals surface area contributed by atoms with E-state index in [0.29, 0.717) is 6.61 Å². The fraction of sp³-hybridized carbons (Fsp3) is 0.278. The first-order valence-electron chi connectivity index (χ1n) is 7.96. The Kier molecular flexibility index (Phi) is 6.70. The smallest absolute Gasteiger partial charge is 0.264 e. The number of ether oxygens (including phenoxy) is 1. The fourth-order valence-electron chi connectivity index (χ4n) is 2.38. The molecule has 0 unspecified atom stereocenters. The Balaban J connectivity index is 2.34. The van der Waals surface area contributed by atoms with E-state index in [0.717, 1.165) is 16.4 Å². The quantitative estimate of drug-likeness (QED) is 0.762. The van der Waals surface area contributed by atoms with Gasteiger partial charge in [-0.25, -0.2) is 12.8 Å². The lowest BCUT2D eigenvalue weighted by atomic mass is 10.3. The lowest BCUT2D eigenvalue weighted by Crippen LogP contribution is -2.44. The summed E-state index contributed by atoms with van der Waals surface area (Å²) in [4.78, 5) is 12.4. The number of anilines is 1. The lowest BCUT2D eigenvalue weighted by Gasteiger charge is -2.25. The minimum absolute atomic E-state index is 0.0436. The number of amides is 1. The topological polar surface area (TPSA) is 75.7 Å². The molecule has 0 spiro atoms. The predicted octanol–water partition coefficient (Wildman–Crippen LogP) is 2.17. The molecule has 0 radical (unpaired) electrons. The summed E-state index contributed by atoms with van der Waals surface area (Å²) >= 11 is 0. The zero-order chi connectivity index (χ0) is 19.2. The van der Waals surface area contributed by atoms with Crippen molar-refractivity contribution < 1.29 is 22.3 Å². The summed E-state index contributed by atoms with van der Waals surface area (Å²) in [5.74, 6) is -0.984. The molecule has 0 heterocycles. The highest BCUT2D eigenvalue weighted by Gasteiger charge is 2.27. The SMILES string of the molecule is COC[C@H](C)NC(=O)CN(c1ccc(F)cc1)S(=O)(=O)c1ccccc1. The molecule has 0 aliphatic carbocycles. The van der Waals surface area contributed by atoms with Crippen LogP contribution in [0.25, 0.3) is 0 Å². The second-order valence-corrected chi connectivity index (χ2v) is 7.59. The first-order chi connectivity index (χ1) is 12.3. The normalized spacial score (nSPS) is 12.4. The molecule has 2 aromatic carbocycles. The van der Waals surface area contributed by atoms with Crippen LogP contribution in [-0.4, -0.2) is 40.6 Å². The number of benzene rings is 2. The van der Waals surface area contributed by atoms with Gasteiger partial charge in [0.2, 0.25) is 5.91 Å². The van der Waals surface area contributed by atoms with E-state index in [1.807, 2.05) is 0 Å². The number of hydrogen-bond acceptors (Lipinski definition) is 4. The molecule has 1 atom stereocenters. The second-order valence-electron chi connectivity index (χ2n) is 5.73. The van der Waals surface area contributed by atoms with Crippen molar-refractivity contribution in [2.45, 2.75) is 17.9 Å². The van der Waals surface area contributed by atoms with Gasteiger partial charge in [-0.1, -0.05) is 18.2 Å². The number of rotatable bonds is 8. The van der Waals surface area contributed by atoms with Gasteiger partial charge in [-0.15, -0.1) is 0 Å². The molecule has 1 N–H and O–H groups in total.